The monoisotopic (exact) mass is 363 g/mol. The van der Waals surface area contributed by atoms with E-state index in [-0.39, 0.29) is 21.9 Å². The van der Waals surface area contributed by atoms with Crippen LogP contribution in [0.4, 0.5) is 13.2 Å². The van der Waals surface area contributed by atoms with E-state index in [9.17, 15) is 13.2 Å². The van der Waals surface area contributed by atoms with Crippen molar-refractivity contribution in [3.05, 3.63) is 41.0 Å². The fourth-order valence-electron chi connectivity index (χ4n) is 1.47. The highest BCUT2D eigenvalue weighted by atomic mass is 79.9. The Bertz CT molecular complexity index is 634. The third-order valence-corrected chi connectivity index (χ3v) is 2.92. The van der Waals surface area contributed by atoms with E-state index in [0.29, 0.717) is 5.75 Å². The van der Waals surface area contributed by atoms with Gasteiger partial charge in [0.2, 0.25) is 0 Å². The van der Waals surface area contributed by atoms with E-state index in [2.05, 4.69) is 25.7 Å². The van der Waals surface area contributed by atoms with Gasteiger partial charge in [0.05, 0.1) is 11.6 Å². The van der Waals surface area contributed by atoms with Crippen molar-refractivity contribution in [1.82, 2.24) is 4.98 Å². The van der Waals surface area contributed by atoms with Gasteiger partial charge in [-0.3, -0.25) is 0 Å². The number of methoxy groups -OCH3 is 1. The first kappa shape index (κ1) is 15.4. The largest absolute Gasteiger partial charge is 0.573 e. The van der Waals surface area contributed by atoms with E-state index in [0.717, 1.165) is 6.07 Å². The van der Waals surface area contributed by atoms with E-state index in [1.165, 1.54) is 25.4 Å². The number of benzene rings is 1. The van der Waals surface area contributed by atoms with Crippen LogP contribution in [-0.2, 0) is 0 Å². The van der Waals surface area contributed by atoms with Gasteiger partial charge in [-0.05, 0) is 46.3 Å². The third kappa shape index (κ3) is 4.25. The molecule has 0 N–H and O–H groups in total. The first-order valence-electron chi connectivity index (χ1n) is 5.61. The summed E-state index contributed by atoms with van der Waals surface area (Å²) in [6.45, 7) is 0. The Morgan fingerprint density at radius 2 is 1.90 bits per heavy atom. The predicted molar refractivity (Wildman–Crippen MR) is 71.7 cm³/mol. The lowest BCUT2D eigenvalue weighted by Crippen LogP contribution is -2.17. The van der Waals surface area contributed by atoms with Crippen molar-refractivity contribution in [1.29, 1.82) is 0 Å². The van der Waals surface area contributed by atoms with E-state index in [1.54, 1.807) is 12.1 Å². The van der Waals surface area contributed by atoms with Gasteiger partial charge in [0, 0.05) is 6.20 Å². The highest BCUT2D eigenvalue weighted by Gasteiger charge is 2.32. The van der Waals surface area contributed by atoms with Crippen LogP contribution in [0.5, 0.6) is 23.1 Å². The molecule has 8 heteroatoms. The van der Waals surface area contributed by atoms with Crippen LogP contribution in [0.25, 0.3) is 0 Å². The van der Waals surface area contributed by atoms with Crippen LogP contribution in [-0.4, -0.2) is 18.5 Å². The maximum absolute atomic E-state index is 12.2. The Kier molecular flexibility index (Phi) is 4.56. The molecule has 0 atom stereocenters. The lowest BCUT2D eigenvalue weighted by molar-refractivity contribution is -0.274. The molecule has 2 rings (SSSR count). The van der Waals surface area contributed by atoms with Crippen LogP contribution in [0.15, 0.2) is 41.0 Å². The average molecular weight is 364 g/mol. The first-order valence-corrected chi connectivity index (χ1v) is 6.40. The Hall–Kier alpha value is -1.96. The predicted octanol–water partition coefficient (Wildman–Crippen LogP) is 4.54. The zero-order chi connectivity index (χ0) is 15.5. The second-order valence-corrected chi connectivity index (χ2v) is 4.61. The number of ether oxygens (including phenoxy) is 3. The summed E-state index contributed by atoms with van der Waals surface area (Å²) in [5, 5.41) is 0. The Morgan fingerprint density at radius 1 is 1.14 bits per heavy atom. The number of nitrogens with zero attached hydrogens (tertiary/aromatic N) is 1. The van der Waals surface area contributed by atoms with Crippen molar-refractivity contribution in [2.45, 2.75) is 6.36 Å². The molecule has 0 aliphatic heterocycles. The van der Waals surface area contributed by atoms with Crippen LogP contribution in [0.1, 0.15) is 0 Å². The molecule has 0 spiro atoms. The zero-order valence-corrected chi connectivity index (χ0v) is 12.2. The molecule has 4 nitrogen and oxygen atoms in total. The van der Waals surface area contributed by atoms with Gasteiger partial charge in [-0.15, -0.1) is 13.2 Å². The summed E-state index contributed by atoms with van der Waals surface area (Å²) in [5.41, 5.74) is 0. The highest BCUT2D eigenvalue weighted by Crippen LogP contribution is 2.35. The molecule has 0 saturated carbocycles. The van der Waals surface area contributed by atoms with Gasteiger partial charge in [-0.1, -0.05) is 0 Å². The molecule has 0 fully saturated rings. The molecule has 1 aromatic carbocycles. The fourth-order valence-corrected chi connectivity index (χ4v) is 1.91. The van der Waals surface area contributed by atoms with Crippen LogP contribution in [0.3, 0.4) is 0 Å². The smallest absolute Gasteiger partial charge is 0.491 e. The normalized spacial score (nSPS) is 11.1. The minimum absolute atomic E-state index is 0.104. The van der Waals surface area contributed by atoms with Crippen molar-refractivity contribution >= 4 is 15.9 Å². The fraction of sp³-hybridized carbons (Fsp3) is 0.154. The quantitative estimate of drug-likeness (QED) is 0.799. The van der Waals surface area contributed by atoms with E-state index >= 15 is 0 Å². The second kappa shape index (κ2) is 6.21. The molecule has 2 aromatic rings. The summed E-state index contributed by atoms with van der Waals surface area (Å²) in [4.78, 5) is 3.98. The van der Waals surface area contributed by atoms with Crippen LogP contribution < -0.4 is 14.2 Å². The molecule has 1 heterocycles. The molecule has 1 aromatic heterocycles. The summed E-state index contributed by atoms with van der Waals surface area (Å²) in [6, 6.07) is 7.14. The molecule has 0 aliphatic carbocycles. The number of aromatic nitrogens is 1. The molecule has 0 saturated heterocycles. The van der Waals surface area contributed by atoms with Crippen molar-refractivity contribution in [2.75, 3.05) is 7.11 Å². The van der Waals surface area contributed by atoms with Gasteiger partial charge in [0.25, 0.3) is 5.88 Å². The topological polar surface area (TPSA) is 40.6 Å². The summed E-state index contributed by atoms with van der Waals surface area (Å²) >= 11 is 2.99. The average Bonchev–Trinajstić information content (AvgIpc) is 2.41. The molecule has 0 unspecified atom stereocenters. The number of hydrogen-bond acceptors (Lipinski definition) is 4. The minimum Gasteiger partial charge on any atom is -0.491 e. The van der Waals surface area contributed by atoms with Crippen LogP contribution in [0, 0.1) is 0 Å². The number of rotatable bonds is 4. The molecule has 0 radical (unpaired) electrons. The van der Waals surface area contributed by atoms with Crippen molar-refractivity contribution in [3.8, 4) is 23.1 Å². The lowest BCUT2D eigenvalue weighted by Gasteiger charge is -2.12. The number of alkyl halides is 3. The van der Waals surface area contributed by atoms with Gasteiger partial charge in [0.15, 0.2) is 5.75 Å². The van der Waals surface area contributed by atoms with Gasteiger partial charge in [0.1, 0.15) is 11.5 Å². The van der Waals surface area contributed by atoms with Gasteiger partial charge >= 0.3 is 6.36 Å². The number of pyridine rings is 1. The first-order chi connectivity index (χ1) is 9.89. The van der Waals surface area contributed by atoms with Gasteiger partial charge < -0.3 is 14.2 Å². The SMILES string of the molecule is COc1cccnc1Oc1ccc(OC(F)(F)F)c(Br)c1. The Labute approximate surface area is 126 Å². The van der Waals surface area contributed by atoms with Gasteiger partial charge in [-0.25, -0.2) is 4.98 Å². The number of halogens is 4. The Balaban J connectivity index is 2.21. The standard InChI is InChI=1S/C13H9BrF3NO3/c1-19-11-3-2-6-18-12(11)20-8-4-5-10(9(14)7-8)21-13(15,16)17/h2-7H,1H3. The minimum atomic E-state index is -4.75. The molecule has 0 aliphatic rings. The third-order valence-electron chi connectivity index (χ3n) is 2.30. The molecule has 0 amide bonds. The summed E-state index contributed by atoms with van der Waals surface area (Å²) in [7, 11) is 1.46. The number of hydrogen-bond donors (Lipinski definition) is 0. The van der Waals surface area contributed by atoms with Crippen molar-refractivity contribution < 1.29 is 27.4 Å². The Morgan fingerprint density at radius 3 is 2.52 bits per heavy atom. The molecule has 21 heavy (non-hydrogen) atoms. The summed E-state index contributed by atoms with van der Waals surface area (Å²) in [5.74, 6) is 0.539. The van der Waals surface area contributed by atoms with Crippen molar-refractivity contribution in [3.63, 3.8) is 0 Å². The summed E-state index contributed by atoms with van der Waals surface area (Å²) < 4.78 is 51.0. The van der Waals surface area contributed by atoms with Crippen LogP contribution in [0.2, 0.25) is 0 Å². The maximum atomic E-state index is 12.2. The highest BCUT2D eigenvalue weighted by molar-refractivity contribution is 9.10. The second-order valence-electron chi connectivity index (χ2n) is 3.75. The van der Waals surface area contributed by atoms with Gasteiger partial charge in [-0.2, -0.15) is 0 Å². The van der Waals surface area contributed by atoms with E-state index in [1.807, 2.05) is 0 Å². The van der Waals surface area contributed by atoms with E-state index < -0.39 is 6.36 Å². The molecular weight excluding hydrogens is 355 g/mol. The molecular formula is C13H9BrF3NO3. The molecule has 112 valence electrons. The van der Waals surface area contributed by atoms with Crippen LogP contribution >= 0.6 is 15.9 Å². The summed E-state index contributed by atoms with van der Waals surface area (Å²) in [6.07, 6.45) is -3.25. The van der Waals surface area contributed by atoms with E-state index in [4.69, 9.17) is 9.47 Å². The molecule has 0 bridgehead atoms. The lowest BCUT2D eigenvalue weighted by atomic mass is 10.3. The maximum Gasteiger partial charge on any atom is 0.573 e. The van der Waals surface area contributed by atoms with Crippen molar-refractivity contribution in [2.24, 2.45) is 0 Å². The zero-order valence-electron chi connectivity index (χ0n) is 10.6.